The summed E-state index contributed by atoms with van der Waals surface area (Å²) in [7, 11) is 0. The van der Waals surface area contributed by atoms with Crippen molar-refractivity contribution in [2.45, 2.75) is 18.6 Å². The Hall–Kier alpha value is -1.47. The first-order valence-corrected chi connectivity index (χ1v) is 4.02. The van der Waals surface area contributed by atoms with Crippen LogP contribution in [0, 0.1) is 5.92 Å². The molecular formula is C7H8F3NO4. The molecule has 5 nitrogen and oxygen atoms in total. The van der Waals surface area contributed by atoms with Crippen LogP contribution in [-0.4, -0.2) is 45.9 Å². The Balaban J connectivity index is 2.83. The van der Waals surface area contributed by atoms with Crippen LogP contribution in [0.1, 0.15) is 6.42 Å². The van der Waals surface area contributed by atoms with Crippen molar-refractivity contribution >= 4 is 12.1 Å². The second-order valence-electron chi connectivity index (χ2n) is 3.26. The predicted molar refractivity (Wildman–Crippen MR) is 40.3 cm³/mol. The Labute approximate surface area is 82.1 Å². The third-order valence-electron chi connectivity index (χ3n) is 2.29. The highest BCUT2D eigenvalue weighted by atomic mass is 19.4. The van der Waals surface area contributed by atoms with Crippen LogP contribution < -0.4 is 0 Å². The summed E-state index contributed by atoms with van der Waals surface area (Å²) in [6.45, 7) is -0.810. The minimum atomic E-state index is -4.56. The Kier molecular flexibility index (Phi) is 2.78. The van der Waals surface area contributed by atoms with Crippen LogP contribution in [0.5, 0.6) is 0 Å². The highest BCUT2D eigenvalue weighted by Crippen LogP contribution is 2.36. The topological polar surface area (TPSA) is 77.8 Å². The summed E-state index contributed by atoms with van der Waals surface area (Å²) in [5, 5.41) is 17.1. The number of carboxylic acids is 1. The lowest BCUT2D eigenvalue weighted by atomic mass is 10.1. The standard InChI is InChI=1S/C7H8F3NO4/c8-7(9,10)3-1-4(5(12)13)11(2-3)6(14)15/h3-4H,1-2H2,(H,12,13)(H,14,15). The van der Waals surface area contributed by atoms with Crippen LogP contribution in [0.4, 0.5) is 18.0 Å². The maximum absolute atomic E-state index is 12.2. The van der Waals surface area contributed by atoms with Crippen molar-refractivity contribution in [3.63, 3.8) is 0 Å². The number of rotatable bonds is 1. The third-order valence-corrected chi connectivity index (χ3v) is 2.29. The number of likely N-dealkylation sites (tertiary alicyclic amines) is 1. The van der Waals surface area contributed by atoms with E-state index in [1.54, 1.807) is 0 Å². The zero-order valence-corrected chi connectivity index (χ0v) is 7.36. The molecule has 1 heterocycles. The summed E-state index contributed by atoms with van der Waals surface area (Å²) in [6, 6.07) is -1.60. The van der Waals surface area contributed by atoms with E-state index in [2.05, 4.69) is 0 Å². The van der Waals surface area contributed by atoms with Crippen molar-refractivity contribution in [2.75, 3.05) is 6.54 Å². The molecule has 1 fully saturated rings. The van der Waals surface area contributed by atoms with E-state index in [4.69, 9.17) is 10.2 Å². The molecule has 0 aromatic rings. The quantitative estimate of drug-likeness (QED) is 0.700. The Bertz CT molecular complexity index is 268. The van der Waals surface area contributed by atoms with Crippen LogP contribution in [0.25, 0.3) is 0 Å². The molecule has 0 aromatic carbocycles. The molecule has 1 aliphatic rings. The molecule has 8 heteroatoms. The molecule has 1 rings (SSSR count). The van der Waals surface area contributed by atoms with Gasteiger partial charge in [-0.05, 0) is 6.42 Å². The van der Waals surface area contributed by atoms with Gasteiger partial charge in [0.15, 0.2) is 0 Å². The lowest BCUT2D eigenvalue weighted by Gasteiger charge is -2.17. The minimum Gasteiger partial charge on any atom is -0.480 e. The average molecular weight is 227 g/mol. The van der Waals surface area contributed by atoms with Crippen molar-refractivity contribution in [3.05, 3.63) is 0 Å². The molecule has 15 heavy (non-hydrogen) atoms. The summed E-state index contributed by atoms with van der Waals surface area (Å²) >= 11 is 0. The molecule has 0 aromatic heterocycles. The molecule has 0 saturated carbocycles. The molecule has 0 bridgehead atoms. The SMILES string of the molecule is O=C(O)C1CC(C(F)(F)F)CN1C(=O)O. The fourth-order valence-corrected chi connectivity index (χ4v) is 1.52. The lowest BCUT2D eigenvalue weighted by molar-refractivity contribution is -0.170. The normalized spacial score (nSPS) is 26.7. The van der Waals surface area contributed by atoms with E-state index in [1.165, 1.54) is 0 Å². The number of hydrogen-bond acceptors (Lipinski definition) is 2. The number of alkyl halides is 3. The number of carboxylic acid groups (broad SMARTS) is 2. The molecule has 2 unspecified atom stereocenters. The Morgan fingerprint density at radius 1 is 1.27 bits per heavy atom. The second kappa shape index (κ2) is 3.59. The fourth-order valence-electron chi connectivity index (χ4n) is 1.52. The van der Waals surface area contributed by atoms with Gasteiger partial charge in [-0.15, -0.1) is 0 Å². The molecule has 1 amide bonds. The summed E-state index contributed by atoms with van der Waals surface area (Å²) in [5.74, 6) is -3.45. The number of aliphatic carboxylic acids is 1. The largest absolute Gasteiger partial charge is 0.480 e. The first kappa shape index (κ1) is 11.6. The molecular weight excluding hydrogens is 219 g/mol. The van der Waals surface area contributed by atoms with Gasteiger partial charge in [-0.1, -0.05) is 0 Å². The van der Waals surface area contributed by atoms with Crippen molar-refractivity contribution in [2.24, 2.45) is 5.92 Å². The van der Waals surface area contributed by atoms with Crippen molar-refractivity contribution in [1.29, 1.82) is 0 Å². The molecule has 2 atom stereocenters. The van der Waals surface area contributed by atoms with E-state index in [9.17, 15) is 22.8 Å². The van der Waals surface area contributed by atoms with Gasteiger partial charge in [-0.2, -0.15) is 13.2 Å². The summed E-state index contributed by atoms with van der Waals surface area (Å²) in [4.78, 5) is 21.3. The van der Waals surface area contributed by atoms with E-state index in [0.29, 0.717) is 4.90 Å². The van der Waals surface area contributed by atoms with Crippen molar-refractivity contribution in [1.82, 2.24) is 4.90 Å². The van der Waals surface area contributed by atoms with Gasteiger partial charge < -0.3 is 10.2 Å². The van der Waals surface area contributed by atoms with E-state index in [0.717, 1.165) is 0 Å². The van der Waals surface area contributed by atoms with E-state index < -0.39 is 43.2 Å². The predicted octanol–water partition coefficient (Wildman–Crippen LogP) is 1.00. The molecule has 0 radical (unpaired) electrons. The number of carbonyl (C=O) groups is 2. The Morgan fingerprint density at radius 2 is 1.80 bits per heavy atom. The van der Waals surface area contributed by atoms with Gasteiger partial charge in [0.2, 0.25) is 0 Å². The molecule has 2 N–H and O–H groups in total. The summed E-state index contributed by atoms with van der Waals surface area (Å²) in [5.41, 5.74) is 0. The first-order valence-electron chi connectivity index (χ1n) is 4.02. The van der Waals surface area contributed by atoms with Crippen LogP contribution in [-0.2, 0) is 4.79 Å². The smallest absolute Gasteiger partial charge is 0.408 e. The number of nitrogens with zero attached hydrogens (tertiary/aromatic N) is 1. The molecule has 1 aliphatic heterocycles. The lowest BCUT2D eigenvalue weighted by Crippen LogP contribution is -2.39. The third kappa shape index (κ3) is 2.31. The van der Waals surface area contributed by atoms with Gasteiger partial charge >= 0.3 is 18.2 Å². The van der Waals surface area contributed by atoms with Crippen molar-refractivity contribution in [3.8, 4) is 0 Å². The van der Waals surface area contributed by atoms with Crippen LogP contribution >= 0.6 is 0 Å². The summed E-state index contributed by atoms with van der Waals surface area (Å²) in [6.07, 6.45) is -6.92. The molecule has 86 valence electrons. The highest BCUT2D eigenvalue weighted by molar-refractivity contribution is 5.80. The molecule has 1 saturated heterocycles. The van der Waals surface area contributed by atoms with Gasteiger partial charge in [-0.25, -0.2) is 9.59 Å². The van der Waals surface area contributed by atoms with E-state index >= 15 is 0 Å². The van der Waals surface area contributed by atoms with Crippen LogP contribution in [0.2, 0.25) is 0 Å². The zero-order valence-electron chi connectivity index (χ0n) is 7.36. The number of halogens is 3. The average Bonchev–Trinajstić information content (AvgIpc) is 2.45. The van der Waals surface area contributed by atoms with Gasteiger partial charge in [0.1, 0.15) is 6.04 Å². The number of amides is 1. The van der Waals surface area contributed by atoms with E-state index in [1.807, 2.05) is 0 Å². The highest BCUT2D eigenvalue weighted by Gasteiger charge is 2.51. The Morgan fingerprint density at radius 3 is 2.07 bits per heavy atom. The van der Waals surface area contributed by atoms with E-state index in [-0.39, 0.29) is 0 Å². The first-order chi connectivity index (χ1) is 6.73. The fraction of sp³-hybridized carbons (Fsp3) is 0.714. The molecule has 0 aliphatic carbocycles. The van der Waals surface area contributed by atoms with Crippen molar-refractivity contribution < 1.29 is 33.0 Å². The maximum atomic E-state index is 12.2. The maximum Gasteiger partial charge on any atom is 0.408 e. The zero-order chi connectivity index (χ0) is 11.8. The van der Waals surface area contributed by atoms with Crippen LogP contribution in [0.3, 0.4) is 0 Å². The monoisotopic (exact) mass is 227 g/mol. The number of hydrogen-bond donors (Lipinski definition) is 2. The molecule has 0 spiro atoms. The van der Waals surface area contributed by atoms with Gasteiger partial charge in [-0.3, -0.25) is 4.90 Å². The van der Waals surface area contributed by atoms with Gasteiger partial charge in [0.05, 0.1) is 5.92 Å². The van der Waals surface area contributed by atoms with Gasteiger partial charge in [0.25, 0.3) is 0 Å². The van der Waals surface area contributed by atoms with Crippen LogP contribution in [0.15, 0.2) is 0 Å². The second-order valence-corrected chi connectivity index (χ2v) is 3.26. The minimum absolute atomic E-state index is 0.306. The van der Waals surface area contributed by atoms with Gasteiger partial charge in [0, 0.05) is 6.54 Å². The summed E-state index contributed by atoms with van der Waals surface area (Å²) < 4.78 is 36.7.